The standard InChI is InChI=1S/C13H20N2O/c1-13(2,14)10-9-12(16)15(3)11-7-5-4-6-8-11/h4-8H,9-10,14H2,1-3H3. The van der Waals surface area contributed by atoms with Crippen LogP contribution in [0.5, 0.6) is 0 Å². The van der Waals surface area contributed by atoms with Gasteiger partial charge in [-0.2, -0.15) is 0 Å². The van der Waals surface area contributed by atoms with Gasteiger partial charge in [0.05, 0.1) is 0 Å². The molecule has 0 fully saturated rings. The van der Waals surface area contributed by atoms with Crippen LogP contribution in [0.1, 0.15) is 26.7 Å². The number of benzene rings is 1. The first-order valence-electron chi connectivity index (χ1n) is 5.51. The Hall–Kier alpha value is -1.35. The minimum Gasteiger partial charge on any atom is -0.326 e. The van der Waals surface area contributed by atoms with Crippen LogP contribution in [0.2, 0.25) is 0 Å². The molecule has 0 aliphatic heterocycles. The summed E-state index contributed by atoms with van der Waals surface area (Å²) in [6, 6.07) is 9.62. The van der Waals surface area contributed by atoms with Gasteiger partial charge in [0.1, 0.15) is 0 Å². The van der Waals surface area contributed by atoms with E-state index < -0.39 is 0 Å². The summed E-state index contributed by atoms with van der Waals surface area (Å²) in [7, 11) is 1.79. The molecule has 88 valence electrons. The Morgan fingerprint density at radius 2 is 1.88 bits per heavy atom. The summed E-state index contributed by atoms with van der Waals surface area (Å²) in [4.78, 5) is 13.5. The van der Waals surface area contributed by atoms with Crippen LogP contribution in [0, 0.1) is 0 Å². The van der Waals surface area contributed by atoms with Gasteiger partial charge in [-0.3, -0.25) is 4.79 Å². The van der Waals surface area contributed by atoms with Crippen molar-refractivity contribution in [2.45, 2.75) is 32.2 Å². The zero-order valence-electron chi connectivity index (χ0n) is 10.2. The summed E-state index contributed by atoms with van der Waals surface area (Å²) >= 11 is 0. The van der Waals surface area contributed by atoms with Gasteiger partial charge >= 0.3 is 0 Å². The van der Waals surface area contributed by atoms with E-state index in [1.54, 1.807) is 11.9 Å². The van der Waals surface area contributed by atoms with Gasteiger partial charge in [0, 0.05) is 24.7 Å². The Balaban J connectivity index is 2.55. The summed E-state index contributed by atoms with van der Waals surface area (Å²) < 4.78 is 0. The number of nitrogens with two attached hydrogens (primary N) is 1. The number of para-hydroxylation sites is 1. The first kappa shape index (κ1) is 12.7. The molecule has 0 unspecified atom stereocenters. The van der Waals surface area contributed by atoms with E-state index in [0.717, 1.165) is 5.69 Å². The molecule has 0 aliphatic carbocycles. The molecule has 1 amide bonds. The van der Waals surface area contributed by atoms with Crippen LogP contribution in [0.3, 0.4) is 0 Å². The molecule has 0 saturated carbocycles. The van der Waals surface area contributed by atoms with Gasteiger partial charge in [-0.05, 0) is 32.4 Å². The maximum atomic E-state index is 11.9. The molecule has 0 spiro atoms. The lowest BCUT2D eigenvalue weighted by Crippen LogP contribution is -2.35. The molecule has 3 nitrogen and oxygen atoms in total. The molecule has 0 radical (unpaired) electrons. The summed E-state index contributed by atoms with van der Waals surface area (Å²) in [6.07, 6.45) is 1.18. The van der Waals surface area contributed by atoms with Crippen LogP contribution in [0.15, 0.2) is 30.3 Å². The van der Waals surface area contributed by atoms with Crippen LogP contribution in [-0.4, -0.2) is 18.5 Å². The second kappa shape index (κ2) is 5.12. The van der Waals surface area contributed by atoms with E-state index in [-0.39, 0.29) is 11.4 Å². The van der Waals surface area contributed by atoms with E-state index in [1.807, 2.05) is 44.2 Å². The smallest absolute Gasteiger partial charge is 0.226 e. The minimum absolute atomic E-state index is 0.102. The number of hydrogen-bond donors (Lipinski definition) is 1. The van der Waals surface area contributed by atoms with Crippen molar-refractivity contribution < 1.29 is 4.79 Å². The zero-order valence-corrected chi connectivity index (χ0v) is 10.2. The maximum absolute atomic E-state index is 11.9. The highest BCUT2D eigenvalue weighted by Crippen LogP contribution is 2.14. The van der Waals surface area contributed by atoms with E-state index >= 15 is 0 Å². The van der Waals surface area contributed by atoms with Crippen LogP contribution in [-0.2, 0) is 4.79 Å². The summed E-state index contributed by atoms with van der Waals surface area (Å²) in [5.74, 6) is 0.102. The Labute approximate surface area is 97.2 Å². The molecule has 0 aliphatic rings. The second-order valence-corrected chi connectivity index (χ2v) is 4.78. The highest BCUT2D eigenvalue weighted by molar-refractivity contribution is 5.92. The molecule has 1 rings (SSSR count). The van der Waals surface area contributed by atoms with Gasteiger partial charge in [0.25, 0.3) is 0 Å². The predicted octanol–water partition coefficient (Wildman–Crippen LogP) is 2.17. The third kappa shape index (κ3) is 4.03. The molecule has 0 bridgehead atoms. The number of rotatable bonds is 4. The van der Waals surface area contributed by atoms with E-state index in [4.69, 9.17) is 5.73 Å². The van der Waals surface area contributed by atoms with E-state index in [2.05, 4.69) is 0 Å². The predicted molar refractivity (Wildman–Crippen MR) is 67.4 cm³/mol. The average molecular weight is 220 g/mol. The quantitative estimate of drug-likeness (QED) is 0.845. The third-order valence-corrected chi connectivity index (χ3v) is 2.50. The van der Waals surface area contributed by atoms with Crippen LogP contribution < -0.4 is 10.6 Å². The van der Waals surface area contributed by atoms with Crippen molar-refractivity contribution in [1.29, 1.82) is 0 Å². The Morgan fingerprint density at radius 1 is 1.31 bits per heavy atom. The van der Waals surface area contributed by atoms with Crippen molar-refractivity contribution in [3.05, 3.63) is 30.3 Å². The lowest BCUT2D eigenvalue weighted by molar-refractivity contribution is -0.118. The van der Waals surface area contributed by atoms with Gasteiger partial charge in [-0.15, -0.1) is 0 Å². The molecule has 0 heterocycles. The summed E-state index contributed by atoms with van der Waals surface area (Å²) in [5.41, 5.74) is 6.49. The average Bonchev–Trinajstić information content (AvgIpc) is 2.25. The zero-order chi connectivity index (χ0) is 12.2. The second-order valence-electron chi connectivity index (χ2n) is 4.78. The molecule has 0 saturated heterocycles. The first-order chi connectivity index (χ1) is 7.40. The molecule has 1 aromatic rings. The van der Waals surface area contributed by atoms with E-state index in [9.17, 15) is 4.79 Å². The molecular weight excluding hydrogens is 200 g/mol. The molecular formula is C13H20N2O. The highest BCUT2D eigenvalue weighted by Gasteiger charge is 2.16. The Morgan fingerprint density at radius 3 is 2.38 bits per heavy atom. The topological polar surface area (TPSA) is 46.3 Å². The van der Waals surface area contributed by atoms with Crippen molar-refractivity contribution in [2.24, 2.45) is 5.73 Å². The van der Waals surface area contributed by atoms with Gasteiger partial charge < -0.3 is 10.6 Å². The summed E-state index contributed by atoms with van der Waals surface area (Å²) in [5, 5.41) is 0. The highest BCUT2D eigenvalue weighted by atomic mass is 16.2. The maximum Gasteiger partial charge on any atom is 0.226 e. The third-order valence-electron chi connectivity index (χ3n) is 2.50. The molecule has 3 heteroatoms. The van der Waals surface area contributed by atoms with Crippen molar-refractivity contribution in [3.8, 4) is 0 Å². The fourth-order valence-electron chi connectivity index (χ4n) is 1.39. The number of anilines is 1. The van der Waals surface area contributed by atoms with Gasteiger partial charge in [0.15, 0.2) is 0 Å². The van der Waals surface area contributed by atoms with Gasteiger partial charge in [-0.25, -0.2) is 0 Å². The monoisotopic (exact) mass is 220 g/mol. The normalized spacial score (nSPS) is 11.2. The van der Waals surface area contributed by atoms with Crippen LogP contribution >= 0.6 is 0 Å². The Bertz CT molecular complexity index is 341. The lowest BCUT2D eigenvalue weighted by atomic mass is 10.00. The lowest BCUT2D eigenvalue weighted by Gasteiger charge is -2.21. The summed E-state index contributed by atoms with van der Waals surface area (Å²) in [6.45, 7) is 3.87. The molecule has 1 aromatic carbocycles. The van der Waals surface area contributed by atoms with Gasteiger partial charge in [-0.1, -0.05) is 18.2 Å². The van der Waals surface area contributed by atoms with Crippen LogP contribution in [0.25, 0.3) is 0 Å². The molecule has 16 heavy (non-hydrogen) atoms. The molecule has 0 atom stereocenters. The number of carbonyl (C=O) groups is 1. The minimum atomic E-state index is -0.285. The number of hydrogen-bond acceptors (Lipinski definition) is 2. The van der Waals surface area contributed by atoms with Crippen molar-refractivity contribution in [1.82, 2.24) is 0 Å². The van der Waals surface area contributed by atoms with Crippen molar-refractivity contribution >= 4 is 11.6 Å². The van der Waals surface area contributed by atoms with Crippen molar-refractivity contribution in [2.75, 3.05) is 11.9 Å². The number of carbonyl (C=O) groups excluding carboxylic acids is 1. The fourth-order valence-corrected chi connectivity index (χ4v) is 1.39. The van der Waals surface area contributed by atoms with Gasteiger partial charge in [0.2, 0.25) is 5.91 Å². The number of nitrogens with zero attached hydrogens (tertiary/aromatic N) is 1. The first-order valence-corrected chi connectivity index (χ1v) is 5.51. The van der Waals surface area contributed by atoms with E-state index in [0.29, 0.717) is 12.8 Å². The largest absolute Gasteiger partial charge is 0.326 e. The molecule has 0 aromatic heterocycles. The molecule has 2 N–H and O–H groups in total. The van der Waals surface area contributed by atoms with Crippen molar-refractivity contribution in [3.63, 3.8) is 0 Å². The fraction of sp³-hybridized carbons (Fsp3) is 0.462. The van der Waals surface area contributed by atoms with Crippen LogP contribution in [0.4, 0.5) is 5.69 Å². The number of amides is 1. The Kier molecular flexibility index (Phi) is 4.07. The SMILES string of the molecule is CN(C(=O)CCC(C)(C)N)c1ccccc1. The van der Waals surface area contributed by atoms with E-state index in [1.165, 1.54) is 0 Å².